The van der Waals surface area contributed by atoms with Gasteiger partial charge in [-0.1, -0.05) is 50.2 Å². The van der Waals surface area contributed by atoms with Crippen molar-refractivity contribution >= 4 is 28.2 Å². The van der Waals surface area contributed by atoms with Crippen molar-refractivity contribution in [1.82, 2.24) is 4.98 Å². The number of para-hydroxylation sites is 2. The van der Waals surface area contributed by atoms with Gasteiger partial charge < -0.3 is 10.3 Å². The Morgan fingerprint density at radius 1 is 0.955 bits per heavy atom. The maximum absolute atomic E-state index is 3.72. The van der Waals surface area contributed by atoms with Crippen LogP contribution >= 0.6 is 0 Å². The zero-order valence-electron chi connectivity index (χ0n) is 12.8. The lowest BCUT2D eigenvalue weighted by molar-refractivity contribution is 0.487. The van der Waals surface area contributed by atoms with Crippen LogP contribution in [0, 0.1) is 0 Å². The van der Waals surface area contributed by atoms with Crippen LogP contribution in [-0.4, -0.2) is 11.0 Å². The molecule has 1 atom stereocenters. The van der Waals surface area contributed by atoms with E-state index in [1.165, 1.54) is 39.0 Å². The first-order valence-electron chi connectivity index (χ1n) is 7.85. The van der Waals surface area contributed by atoms with Gasteiger partial charge in [0.1, 0.15) is 0 Å². The van der Waals surface area contributed by atoms with Gasteiger partial charge in [-0.25, -0.2) is 0 Å². The molecule has 2 heterocycles. The normalized spacial score (nSPS) is 20.8. The molecule has 5 rings (SSSR count). The van der Waals surface area contributed by atoms with Gasteiger partial charge >= 0.3 is 0 Å². The first kappa shape index (κ1) is 12.1. The standard InChI is InChI=1S/C20H18N2/c1-20(2)18-14(12-7-3-5-9-16(12)21-18)11-15-13-8-4-6-10-17(13)22-19(15)20/h3-11,18,21-22H,1-2H3. The van der Waals surface area contributed by atoms with Crippen molar-refractivity contribution in [3.8, 4) is 0 Å². The zero-order chi connectivity index (χ0) is 14.9. The van der Waals surface area contributed by atoms with E-state index in [1.54, 1.807) is 0 Å². The molecule has 0 fully saturated rings. The Morgan fingerprint density at radius 2 is 1.73 bits per heavy atom. The molecule has 22 heavy (non-hydrogen) atoms. The SMILES string of the molecule is CC1(C)c2[nH]c3ccccc3c2C=C2c3ccccc3NC21. The van der Waals surface area contributed by atoms with Crippen molar-refractivity contribution in [2.45, 2.75) is 25.3 Å². The average Bonchev–Trinajstić information content (AvgIpc) is 3.08. The van der Waals surface area contributed by atoms with E-state index in [2.05, 4.69) is 78.8 Å². The number of hydrogen-bond acceptors (Lipinski definition) is 1. The summed E-state index contributed by atoms with van der Waals surface area (Å²) >= 11 is 0. The fourth-order valence-corrected chi connectivity index (χ4v) is 4.10. The fraction of sp³-hybridized carbons (Fsp3) is 0.200. The number of nitrogens with one attached hydrogen (secondary N) is 2. The van der Waals surface area contributed by atoms with E-state index >= 15 is 0 Å². The summed E-state index contributed by atoms with van der Waals surface area (Å²) < 4.78 is 0. The molecule has 0 spiro atoms. The van der Waals surface area contributed by atoms with E-state index in [1.807, 2.05) is 0 Å². The van der Waals surface area contributed by atoms with Gasteiger partial charge in [-0.2, -0.15) is 0 Å². The molecule has 2 N–H and O–H groups in total. The van der Waals surface area contributed by atoms with Crippen molar-refractivity contribution in [2.75, 3.05) is 5.32 Å². The third-order valence-corrected chi connectivity index (χ3v) is 5.26. The summed E-state index contributed by atoms with van der Waals surface area (Å²) in [7, 11) is 0. The fourth-order valence-electron chi connectivity index (χ4n) is 4.10. The van der Waals surface area contributed by atoms with Crippen LogP contribution in [0.4, 0.5) is 5.69 Å². The maximum Gasteiger partial charge on any atom is 0.0626 e. The van der Waals surface area contributed by atoms with Gasteiger partial charge in [0.25, 0.3) is 0 Å². The largest absolute Gasteiger partial charge is 0.377 e. The van der Waals surface area contributed by atoms with E-state index in [-0.39, 0.29) is 5.41 Å². The molecule has 0 radical (unpaired) electrons. The lowest BCUT2D eigenvalue weighted by Crippen LogP contribution is -2.40. The minimum absolute atomic E-state index is 0.0253. The second-order valence-corrected chi connectivity index (χ2v) is 6.90. The summed E-state index contributed by atoms with van der Waals surface area (Å²) in [5.41, 5.74) is 7.95. The molecule has 1 unspecified atom stereocenters. The summed E-state index contributed by atoms with van der Waals surface area (Å²) in [5.74, 6) is 0. The number of anilines is 1. The highest BCUT2D eigenvalue weighted by Gasteiger charge is 2.44. The minimum Gasteiger partial charge on any atom is -0.377 e. The average molecular weight is 286 g/mol. The predicted octanol–water partition coefficient (Wildman–Crippen LogP) is 4.79. The van der Waals surface area contributed by atoms with Gasteiger partial charge in [0.05, 0.1) is 6.04 Å². The van der Waals surface area contributed by atoms with Crippen molar-refractivity contribution in [2.24, 2.45) is 0 Å². The lowest BCUT2D eigenvalue weighted by Gasteiger charge is -2.36. The number of hydrogen-bond donors (Lipinski definition) is 2. The van der Waals surface area contributed by atoms with Crippen LogP contribution in [0.2, 0.25) is 0 Å². The molecule has 2 aromatic carbocycles. The van der Waals surface area contributed by atoms with Gasteiger partial charge in [0.2, 0.25) is 0 Å². The van der Waals surface area contributed by atoms with E-state index in [4.69, 9.17) is 0 Å². The highest BCUT2D eigenvalue weighted by Crippen LogP contribution is 2.50. The highest BCUT2D eigenvalue weighted by molar-refractivity contribution is 6.04. The summed E-state index contributed by atoms with van der Waals surface area (Å²) in [5, 5.41) is 5.04. The second kappa shape index (κ2) is 3.83. The van der Waals surface area contributed by atoms with Gasteiger partial charge in [-0.15, -0.1) is 0 Å². The first-order chi connectivity index (χ1) is 10.7. The van der Waals surface area contributed by atoms with Crippen LogP contribution in [0.1, 0.15) is 30.7 Å². The summed E-state index contributed by atoms with van der Waals surface area (Å²) in [4.78, 5) is 3.66. The molecule has 108 valence electrons. The molecule has 0 bridgehead atoms. The Hall–Kier alpha value is -2.48. The number of rotatable bonds is 0. The van der Waals surface area contributed by atoms with Crippen molar-refractivity contribution in [1.29, 1.82) is 0 Å². The molecule has 2 aliphatic rings. The van der Waals surface area contributed by atoms with E-state index in [9.17, 15) is 0 Å². The van der Waals surface area contributed by atoms with Gasteiger partial charge in [0, 0.05) is 38.8 Å². The molecule has 3 aromatic rings. The quantitative estimate of drug-likeness (QED) is 0.610. The molecule has 2 heteroatoms. The smallest absolute Gasteiger partial charge is 0.0626 e. The zero-order valence-corrected chi connectivity index (χ0v) is 12.8. The number of H-pyrrole nitrogens is 1. The Balaban J connectivity index is 1.86. The van der Waals surface area contributed by atoms with E-state index in [0.717, 1.165) is 0 Å². The minimum atomic E-state index is 0.0253. The molecule has 0 amide bonds. The molecular formula is C20H18N2. The monoisotopic (exact) mass is 286 g/mol. The topological polar surface area (TPSA) is 27.8 Å². The van der Waals surface area contributed by atoms with Gasteiger partial charge in [-0.3, -0.25) is 0 Å². The molecule has 1 aliphatic carbocycles. The first-order valence-corrected chi connectivity index (χ1v) is 7.85. The highest BCUT2D eigenvalue weighted by atomic mass is 15.0. The molecule has 0 saturated heterocycles. The molecule has 1 aliphatic heterocycles. The maximum atomic E-state index is 3.72. The predicted molar refractivity (Wildman–Crippen MR) is 93.0 cm³/mol. The summed E-state index contributed by atoms with van der Waals surface area (Å²) in [6.07, 6.45) is 2.38. The van der Waals surface area contributed by atoms with E-state index in [0.29, 0.717) is 6.04 Å². The second-order valence-electron chi connectivity index (χ2n) is 6.90. The Morgan fingerprint density at radius 3 is 2.64 bits per heavy atom. The van der Waals surface area contributed by atoms with Crippen LogP contribution in [0.15, 0.2) is 48.5 Å². The number of fused-ring (bicyclic) bond motifs is 6. The van der Waals surface area contributed by atoms with Crippen LogP contribution in [0.5, 0.6) is 0 Å². The number of aromatic amines is 1. The number of aromatic nitrogens is 1. The molecule has 1 aromatic heterocycles. The van der Waals surface area contributed by atoms with Gasteiger partial charge in [0.15, 0.2) is 0 Å². The number of benzene rings is 2. The Labute approximate surface area is 129 Å². The van der Waals surface area contributed by atoms with E-state index < -0.39 is 0 Å². The Bertz CT molecular complexity index is 943. The van der Waals surface area contributed by atoms with Crippen molar-refractivity contribution in [3.05, 3.63) is 65.4 Å². The molecular weight excluding hydrogens is 268 g/mol. The van der Waals surface area contributed by atoms with Crippen molar-refractivity contribution < 1.29 is 0 Å². The third-order valence-electron chi connectivity index (χ3n) is 5.26. The van der Waals surface area contributed by atoms with Crippen LogP contribution < -0.4 is 5.32 Å². The van der Waals surface area contributed by atoms with Gasteiger partial charge in [-0.05, 0) is 23.8 Å². The third kappa shape index (κ3) is 1.35. The van der Waals surface area contributed by atoms with Crippen molar-refractivity contribution in [3.63, 3.8) is 0 Å². The summed E-state index contributed by atoms with van der Waals surface area (Å²) in [6, 6.07) is 17.6. The molecule has 2 nitrogen and oxygen atoms in total. The summed E-state index contributed by atoms with van der Waals surface area (Å²) in [6.45, 7) is 4.66. The van der Waals surface area contributed by atoms with Crippen LogP contribution in [-0.2, 0) is 5.41 Å². The Kier molecular flexibility index (Phi) is 2.11. The van der Waals surface area contributed by atoms with Crippen LogP contribution in [0.3, 0.4) is 0 Å². The van der Waals surface area contributed by atoms with Crippen LogP contribution in [0.25, 0.3) is 22.6 Å². The lowest BCUT2D eigenvalue weighted by atomic mass is 9.72. The molecule has 0 saturated carbocycles.